The summed E-state index contributed by atoms with van der Waals surface area (Å²) in [5.74, 6) is -0.299. The summed E-state index contributed by atoms with van der Waals surface area (Å²) in [5.41, 5.74) is 3.03. The molecule has 0 saturated heterocycles. The van der Waals surface area contributed by atoms with Crippen molar-refractivity contribution in [2.24, 2.45) is 7.05 Å². The Kier molecular flexibility index (Phi) is 5.16. The highest BCUT2D eigenvalue weighted by Gasteiger charge is 2.18. The van der Waals surface area contributed by atoms with Crippen LogP contribution in [0.5, 0.6) is 0 Å². The van der Waals surface area contributed by atoms with Crippen LogP contribution in [0.1, 0.15) is 23.0 Å². The Labute approximate surface area is 158 Å². The maximum Gasteiger partial charge on any atom is 0.295 e. The molecular weight excluding hydrogens is 340 g/mol. The molecule has 1 amide bonds. The molecule has 6 heteroatoms. The molecule has 6 nitrogen and oxygen atoms in total. The van der Waals surface area contributed by atoms with E-state index in [1.54, 1.807) is 28.5 Å². The van der Waals surface area contributed by atoms with Crippen molar-refractivity contribution in [1.29, 1.82) is 0 Å². The second-order valence-electron chi connectivity index (χ2n) is 6.45. The first-order valence-electron chi connectivity index (χ1n) is 8.90. The van der Waals surface area contributed by atoms with Gasteiger partial charge in [0.1, 0.15) is 5.69 Å². The van der Waals surface area contributed by atoms with Crippen molar-refractivity contribution in [2.75, 3.05) is 23.8 Å². The third-order valence-electron chi connectivity index (χ3n) is 4.84. The van der Waals surface area contributed by atoms with Crippen molar-refractivity contribution in [3.05, 3.63) is 76.2 Å². The Morgan fingerprint density at radius 3 is 2.30 bits per heavy atom. The van der Waals surface area contributed by atoms with Crippen LogP contribution in [-0.4, -0.2) is 28.9 Å². The number of anilines is 2. The van der Waals surface area contributed by atoms with Crippen LogP contribution in [0.15, 0.2) is 59.4 Å². The highest BCUT2D eigenvalue weighted by atomic mass is 16.2. The average Bonchev–Trinajstić information content (AvgIpc) is 2.91. The number of aromatic nitrogens is 2. The SMILES string of the molecule is CCN(C)c1ccc(C(=O)Nc2c(C)n(C)n(-c3ccccc3)c2=O)cc1. The molecule has 27 heavy (non-hydrogen) atoms. The minimum absolute atomic E-state index is 0.253. The lowest BCUT2D eigenvalue weighted by atomic mass is 10.2. The Morgan fingerprint density at radius 1 is 1.07 bits per heavy atom. The molecule has 0 radical (unpaired) electrons. The van der Waals surface area contributed by atoms with E-state index in [4.69, 9.17) is 0 Å². The predicted molar refractivity (Wildman–Crippen MR) is 109 cm³/mol. The molecule has 1 N–H and O–H groups in total. The van der Waals surface area contributed by atoms with Gasteiger partial charge in [0.25, 0.3) is 11.5 Å². The Balaban J connectivity index is 1.90. The van der Waals surface area contributed by atoms with E-state index in [9.17, 15) is 9.59 Å². The van der Waals surface area contributed by atoms with Gasteiger partial charge < -0.3 is 10.2 Å². The molecule has 140 valence electrons. The number of nitrogens with one attached hydrogen (secondary N) is 1. The van der Waals surface area contributed by atoms with Gasteiger partial charge in [-0.3, -0.25) is 14.3 Å². The van der Waals surface area contributed by atoms with E-state index < -0.39 is 0 Å². The Morgan fingerprint density at radius 2 is 1.70 bits per heavy atom. The van der Waals surface area contributed by atoms with Crippen LogP contribution in [0.3, 0.4) is 0 Å². The third kappa shape index (κ3) is 3.51. The van der Waals surface area contributed by atoms with Crippen molar-refractivity contribution < 1.29 is 4.79 Å². The predicted octanol–water partition coefficient (Wildman–Crippen LogP) is 3.19. The molecule has 0 spiro atoms. The van der Waals surface area contributed by atoms with Crippen LogP contribution >= 0.6 is 0 Å². The number of nitrogens with zero attached hydrogens (tertiary/aromatic N) is 3. The van der Waals surface area contributed by atoms with Crippen LogP contribution in [0.4, 0.5) is 11.4 Å². The summed E-state index contributed by atoms with van der Waals surface area (Å²) in [4.78, 5) is 27.6. The molecule has 1 heterocycles. The molecule has 0 saturated carbocycles. The second-order valence-corrected chi connectivity index (χ2v) is 6.45. The fourth-order valence-corrected chi connectivity index (χ4v) is 2.95. The van der Waals surface area contributed by atoms with E-state index in [-0.39, 0.29) is 11.5 Å². The van der Waals surface area contributed by atoms with Gasteiger partial charge in [0, 0.05) is 31.9 Å². The summed E-state index contributed by atoms with van der Waals surface area (Å²) in [6.07, 6.45) is 0. The van der Waals surface area contributed by atoms with E-state index >= 15 is 0 Å². The van der Waals surface area contributed by atoms with Gasteiger partial charge in [-0.25, -0.2) is 4.68 Å². The van der Waals surface area contributed by atoms with Gasteiger partial charge in [-0.15, -0.1) is 0 Å². The minimum Gasteiger partial charge on any atom is -0.375 e. The number of para-hydroxylation sites is 1. The molecule has 0 unspecified atom stereocenters. The maximum atomic E-state index is 12.9. The van der Waals surface area contributed by atoms with E-state index in [1.165, 1.54) is 0 Å². The molecular formula is C21H24N4O2. The Hall–Kier alpha value is -3.28. The quantitative estimate of drug-likeness (QED) is 0.756. The largest absolute Gasteiger partial charge is 0.375 e. The van der Waals surface area contributed by atoms with E-state index in [1.807, 2.05) is 56.4 Å². The van der Waals surface area contributed by atoms with Crippen LogP contribution in [0, 0.1) is 6.92 Å². The van der Waals surface area contributed by atoms with Gasteiger partial charge in [0.2, 0.25) is 0 Å². The van der Waals surface area contributed by atoms with Gasteiger partial charge in [0.15, 0.2) is 0 Å². The molecule has 0 fully saturated rings. The first kappa shape index (κ1) is 18.5. The van der Waals surface area contributed by atoms with E-state index in [2.05, 4.69) is 17.1 Å². The number of benzene rings is 2. The lowest BCUT2D eigenvalue weighted by molar-refractivity contribution is 0.102. The summed E-state index contributed by atoms with van der Waals surface area (Å²) in [7, 11) is 3.79. The third-order valence-corrected chi connectivity index (χ3v) is 4.84. The number of hydrogen-bond donors (Lipinski definition) is 1. The number of amides is 1. The van der Waals surface area contributed by atoms with Gasteiger partial charge >= 0.3 is 0 Å². The van der Waals surface area contributed by atoms with Gasteiger partial charge in [0.05, 0.1) is 11.4 Å². The van der Waals surface area contributed by atoms with Crippen LogP contribution in [0.2, 0.25) is 0 Å². The molecule has 3 rings (SSSR count). The van der Waals surface area contributed by atoms with E-state index in [0.29, 0.717) is 16.9 Å². The number of rotatable bonds is 5. The molecule has 0 atom stereocenters. The van der Waals surface area contributed by atoms with Crippen molar-refractivity contribution >= 4 is 17.3 Å². The highest BCUT2D eigenvalue weighted by molar-refractivity contribution is 6.04. The molecule has 3 aromatic rings. The zero-order valence-corrected chi connectivity index (χ0v) is 16.1. The standard InChI is InChI=1S/C21H24N4O2/c1-5-23(3)17-13-11-16(12-14-17)20(26)22-19-15(2)24(4)25(21(19)27)18-9-7-6-8-10-18/h6-14H,5H2,1-4H3,(H,22,26). The number of carbonyl (C=O) groups is 1. The summed E-state index contributed by atoms with van der Waals surface area (Å²) in [6.45, 7) is 4.76. The van der Waals surface area contributed by atoms with Gasteiger partial charge in [-0.05, 0) is 50.2 Å². The zero-order valence-electron chi connectivity index (χ0n) is 16.1. The molecule has 0 aliphatic heterocycles. The number of hydrogen-bond acceptors (Lipinski definition) is 3. The molecule has 0 aliphatic rings. The second kappa shape index (κ2) is 7.53. The van der Waals surface area contributed by atoms with Crippen LogP contribution in [-0.2, 0) is 7.05 Å². The fourth-order valence-electron chi connectivity index (χ4n) is 2.95. The monoisotopic (exact) mass is 364 g/mol. The zero-order chi connectivity index (χ0) is 19.6. The topological polar surface area (TPSA) is 59.3 Å². The highest BCUT2D eigenvalue weighted by Crippen LogP contribution is 2.17. The molecule has 0 bridgehead atoms. The first-order chi connectivity index (χ1) is 12.9. The summed E-state index contributed by atoms with van der Waals surface area (Å²) in [5, 5.41) is 2.78. The van der Waals surface area contributed by atoms with Crippen molar-refractivity contribution in [3.8, 4) is 5.69 Å². The van der Waals surface area contributed by atoms with Gasteiger partial charge in [-0.2, -0.15) is 0 Å². The van der Waals surface area contributed by atoms with Crippen molar-refractivity contribution in [1.82, 2.24) is 9.36 Å². The average molecular weight is 364 g/mol. The minimum atomic E-state index is -0.299. The summed E-state index contributed by atoms with van der Waals surface area (Å²) < 4.78 is 3.29. The normalized spacial score (nSPS) is 10.7. The van der Waals surface area contributed by atoms with E-state index in [0.717, 1.165) is 17.9 Å². The summed E-state index contributed by atoms with van der Waals surface area (Å²) >= 11 is 0. The lowest BCUT2D eigenvalue weighted by Crippen LogP contribution is -2.23. The molecule has 1 aromatic heterocycles. The smallest absolute Gasteiger partial charge is 0.295 e. The van der Waals surface area contributed by atoms with Crippen LogP contribution in [0.25, 0.3) is 5.69 Å². The maximum absolute atomic E-state index is 12.9. The molecule has 2 aromatic carbocycles. The molecule has 0 aliphatic carbocycles. The fraction of sp³-hybridized carbons (Fsp3) is 0.238. The first-order valence-corrected chi connectivity index (χ1v) is 8.90. The van der Waals surface area contributed by atoms with Crippen LogP contribution < -0.4 is 15.8 Å². The number of carbonyl (C=O) groups excluding carboxylic acids is 1. The Bertz CT molecular complexity index is 1000. The van der Waals surface area contributed by atoms with Crippen molar-refractivity contribution in [2.45, 2.75) is 13.8 Å². The van der Waals surface area contributed by atoms with Crippen molar-refractivity contribution in [3.63, 3.8) is 0 Å². The summed E-state index contributed by atoms with van der Waals surface area (Å²) in [6, 6.07) is 16.7. The lowest BCUT2D eigenvalue weighted by Gasteiger charge is -2.16. The van der Waals surface area contributed by atoms with Gasteiger partial charge in [-0.1, -0.05) is 18.2 Å².